The van der Waals surface area contributed by atoms with E-state index in [0.29, 0.717) is 37.4 Å². The predicted molar refractivity (Wildman–Crippen MR) is 128 cm³/mol. The molecule has 4 rings (SSSR count). The number of anilines is 1. The van der Waals surface area contributed by atoms with Gasteiger partial charge in [0.1, 0.15) is 11.6 Å². The number of hydrogen-bond acceptors (Lipinski definition) is 7. The van der Waals surface area contributed by atoms with Crippen molar-refractivity contribution in [2.45, 2.75) is 19.4 Å². The Morgan fingerprint density at radius 3 is 2.63 bits per heavy atom. The van der Waals surface area contributed by atoms with Crippen LogP contribution in [0.1, 0.15) is 38.0 Å². The molecule has 0 bridgehead atoms. The summed E-state index contributed by atoms with van der Waals surface area (Å²) in [7, 11) is 1.58. The van der Waals surface area contributed by atoms with E-state index in [1.165, 1.54) is 24.3 Å². The van der Waals surface area contributed by atoms with Crippen LogP contribution < -0.4 is 15.4 Å². The lowest BCUT2D eigenvalue weighted by atomic mass is 9.97. The number of piperidine rings is 1. The number of nitrogens with zero attached hydrogens (tertiary/aromatic N) is 3. The normalized spacial score (nSPS) is 15.4. The number of benzene rings is 2. The lowest BCUT2D eigenvalue weighted by Gasteiger charge is -2.31. The van der Waals surface area contributed by atoms with Crippen LogP contribution in [0.2, 0.25) is 0 Å². The van der Waals surface area contributed by atoms with Crippen LogP contribution in [-0.2, 0) is 11.3 Å². The number of likely N-dealkylation sites (tertiary alicyclic amines) is 1. The summed E-state index contributed by atoms with van der Waals surface area (Å²) in [6, 6.07) is 12.8. The Bertz CT molecular complexity index is 1220. The van der Waals surface area contributed by atoms with Gasteiger partial charge in [-0.25, -0.2) is 4.39 Å². The van der Waals surface area contributed by atoms with Crippen molar-refractivity contribution in [2.75, 3.05) is 25.5 Å². The number of hydrogen-bond donors (Lipinski definition) is 2. The van der Waals surface area contributed by atoms with Crippen molar-refractivity contribution in [3.05, 3.63) is 69.9 Å². The van der Waals surface area contributed by atoms with Crippen LogP contribution in [0.5, 0.6) is 5.75 Å². The largest absolute Gasteiger partial charge is 0.496 e. The van der Waals surface area contributed by atoms with Crippen molar-refractivity contribution in [2.24, 2.45) is 5.92 Å². The van der Waals surface area contributed by atoms with E-state index in [4.69, 9.17) is 4.74 Å². The summed E-state index contributed by atoms with van der Waals surface area (Å²) in [6.45, 7) is 1.08. The van der Waals surface area contributed by atoms with E-state index in [0.717, 1.165) is 16.9 Å². The Kier molecular flexibility index (Phi) is 7.66. The van der Waals surface area contributed by atoms with Crippen molar-refractivity contribution >= 4 is 34.7 Å². The third kappa shape index (κ3) is 5.99. The maximum absolute atomic E-state index is 13.0. The number of carbonyl (C=O) groups excluding carboxylic acids is 3. The van der Waals surface area contributed by atoms with Gasteiger partial charge in [0.25, 0.3) is 11.8 Å². The average molecular weight is 498 g/mol. The fourth-order valence-electron chi connectivity index (χ4n) is 3.81. The summed E-state index contributed by atoms with van der Waals surface area (Å²) >= 11 is 0.872. The van der Waals surface area contributed by atoms with Crippen molar-refractivity contribution in [1.29, 1.82) is 0 Å². The van der Waals surface area contributed by atoms with Crippen LogP contribution in [0, 0.1) is 11.7 Å². The summed E-state index contributed by atoms with van der Waals surface area (Å²) in [5.74, 6) is -1.11. The smallest absolute Gasteiger partial charge is 0.286 e. The van der Waals surface area contributed by atoms with Gasteiger partial charge in [-0.1, -0.05) is 29.5 Å². The highest BCUT2D eigenvalue weighted by Gasteiger charge is 2.31. The highest BCUT2D eigenvalue weighted by molar-refractivity contribution is 7.15. The second-order valence-corrected chi connectivity index (χ2v) is 8.97. The SMILES string of the molecule is COc1ccccc1CNC(=O)[C@H]1CCCN(C(=O)c2nnc(C(=O)Nc3ccc(F)cc3)s2)C1. The van der Waals surface area contributed by atoms with Crippen molar-refractivity contribution in [3.8, 4) is 5.75 Å². The molecule has 1 atom stereocenters. The summed E-state index contributed by atoms with van der Waals surface area (Å²) in [5, 5.41) is 13.3. The molecule has 182 valence electrons. The molecule has 1 aliphatic rings. The molecule has 0 spiro atoms. The topological polar surface area (TPSA) is 114 Å². The van der Waals surface area contributed by atoms with Crippen LogP contribution >= 0.6 is 11.3 Å². The van der Waals surface area contributed by atoms with Crippen LogP contribution in [0.25, 0.3) is 0 Å². The zero-order chi connectivity index (χ0) is 24.8. The van der Waals surface area contributed by atoms with Gasteiger partial charge < -0.3 is 20.3 Å². The molecule has 0 unspecified atom stereocenters. The molecule has 0 aliphatic carbocycles. The number of carbonyl (C=O) groups is 3. The first-order chi connectivity index (χ1) is 16.9. The maximum Gasteiger partial charge on any atom is 0.286 e. The van der Waals surface area contributed by atoms with E-state index in [2.05, 4.69) is 20.8 Å². The maximum atomic E-state index is 13.0. The highest BCUT2D eigenvalue weighted by atomic mass is 32.1. The van der Waals surface area contributed by atoms with E-state index in [1.807, 2.05) is 24.3 Å². The quantitative estimate of drug-likeness (QED) is 0.519. The van der Waals surface area contributed by atoms with Crippen LogP contribution in [-0.4, -0.2) is 53.0 Å². The zero-order valence-corrected chi connectivity index (χ0v) is 19.8. The summed E-state index contributed by atoms with van der Waals surface area (Å²) < 4.78 is 18.4. The number of methoxy groups -OCH3 is 1. The molecular formula is C24H24FN5O4S. The summed E-state index contributed by atoms with van der Waals surface area (Å²) in [4.78, 5) is 39.7. The lowest BCUT2D eigenvalue weighted by Crippen LogP contribution is -2.45. The van der Waals surface area contributed by atoms with E-state index in [-0.39, 0.29) is 34.3 Å². The first kappa shape index (κ1) is 24.3. The third-order valence-electron chi connectivity index (χ3n) is 5.63. The predicted octanol–water partition coefficient (Wildman–Crippen LogP) is 3.11. The van der Waals surface area contributed by atoms with Gasteiger partial charge in [-0.3, -0.25) is 14.4 Å². The molecule has 35 heavy (non-hydrogen) atoms. The van der Waals surface area contributed by atoms with Gasteiger partial charge in [0.2, 0.25) is 15.9 Å². The van der Waals surface area contributed by atoms with Gasteiger partial charge in [-0.2, -0.15) is 0 Å². The Balaban J connectivity index is 1.34. The van der Waals surface area contributed by atoms with Gasteiger partial charge in [0.05, 0.1) is 13.0 Å². The highest BCUT2D eigenvalue weighted by Crippen LogP contribution is 2.22. The molecule has 2 heterocycles. The van der Waals surface area contributed by atoms with E-state index < -0.39 is 11.7 Å². The molecule has 3 amide bonds. The standard InChI is InChI=1S/C24H24FN5O4S/c1-34-19-7-3-2-5-15(19)13-26-20(31)16-6-4-12-30(14-16)24(33)23-29-28-22(35-23)21(32)27-18-10-8-17(25)9-11-18/h2-3,5,7-11,16H,4,6,12-14H2,1H3,(H,26,31)(H,27,32)/t16-/m0/s1. The number of amides is 3. The van der Waals surface area contributed by atoms with Crippen LogP contribution in [0.15, 0.2) is 48.5 Å². The number of nitrogens with one attached hydrogen (secondary N) is 2. The molecule has 1 aliphatic heterocycles. The molecule has 0 radical (unpaired) electrons. The van der Waals surface area contributed by atoms with Gasteiger partial charge in [-0.05, 0) is 43.2 Å². The molecule has 2 aromatic carbocycles. The van der Waals surface area contributed by atoms with Gasteiger partial charge in [0.15, 0.2) is 0 Å². The second kappa shape index (κ2) is 11.0. The van der Waals surface area contributed by atoms with Crippen molar-refractivity contribution in [3.63, 3.8) is 0 Å². The first-order valence-electron chi connectivity index (χ1n) is 11.0. The van der Waals surface area contributed by atoms with Crippen molar-refractivity contribution in [1.82, 2.24) is 20.4 Å². The number of aromatic nitrogens is 2. The van der Waals surface area contributed by atoms with Gasteiger partial charge >= 0.3 is 0 Å². The Labute approximate surface area is 205 Å². The summed E-state index contributed by atoms with van der Waals surface area (Å²) in [6.07, 6.45) is 1.35. The fraction of sp³-hybridized carbons (Fsp3) is 0.292. The zero-order valence-electron chi connectivity index (χ0n) is 19.0. The van der Waals surface area contributed by atoms with E-state index in [1.54, 1.807) is 12.0 Å². The monoisotopic (exact) mass is 497 g/mol. The Hall–Kier alpha value is -3.86. The number of ether oxygens (including phenoxy) is 1. The second-order valence-electron chi connectivity index (χ2n) is 7.99. The molecule has 11 heteroatoms. The number of para-hydroxylation sites is 1. The minimum atomic E-state index is -0.541. The molecule has 0 saturated carbocycles. The molecule has 9 nitrogen and oxygen atoms in total. The Morgan fingerprint density at radius 1 is 1.11 bits per heavy atom. The van der Waals surface area contributed by atoms with Gasteiger partial charge in [0, 0.05) is 30.9 Å². The molecule has 1 saturated heterocycles. The van der Waals surface area contributed by atoms with E-state index in [9.17, 15) is 18.8 Å². The molecule has 2 N–H and O–H groups in total. The van der Waals surface area contributed by atoms with Crippen LogP contribution in [0.4, 0.5) is 10.1 Å². The van der Waals surface area contributed by atoms with Crippen molar-refractivity contribution < 1.29 is 23.5 Å². The minimum Gasteiger partial charge on any atom is -0.496 e. The summed E-state index contributed by atoms with van der Waals surface area (Å²) in [5.41, 5.74) is 1.27. The number of halogens is 1. The molecule has 1 fully saturated rings. The average Bonchev–Trinajstić information content (AvgIpc) is 3.39. The Morgan fingerprint density at radius 2 is 1.86 bits per heavy atom. The van der Waals surface area contributed by atoms with Gasteiger partial charge in [-0.15, -0.1) is 10.2 Å². The van der Waals surface area contributed by atoms with E-state index >= 15 is 0 Å². The lowest BCUT2D eigenvalue weighted by molar-refractivity contribution is -0.126. The van der Waals surface area contributed by atoms with Crippen LogP contribution in [0.3, 0.4) is 0 Å². The molecule has 1 aromatic heterocycles. The third-order valence-corrected chi connectivity index (χ3v) is 6.54. The number of rotatable bonds is 7. The fourth-order valence-corrected chi connectivity index (χ4v) is 4.51. The first-order valence-corrected chi connectivity index (χ1v) is 11.9. The molecule has 3 aromatic rings. The molecular weight excluding hydrogens is 473 g/mol. The minimum absolute atomic E-state index is 0.0146.